The number of benzene rings is 2. The van der Waals surface area contributed by atoms with E-state index >= 15 is 0 Å². The summed E-state index contributed by atoms with van der Waals surface area (Å²) in [4.78, 5) is 21.8. The largest absolute Gasteiger partial charge is 0.333 e. The molecule has 0 radical (unpaired) electrons. The number of imidazole rings is 1. The average molecular weight is 407 g/mol. The molecule has 0 N–H and O–H groups in total. The van der Waals surface area contributed by atoms with Crippen LogP contribution < -0.4 is 5.56 Å². The topological polar surface area (TPSA) is 78.2 Å². The second-order valence-electron chi connectivity index (χ2n) is 7.12. The Hall–Kier alpha value is -3.88. The molecular formula is C21H15F2N5O2. The molecule has 3 heterocycles. The van der Waals surface area contributed by atoms with E-state index in [1.165, 1.54) is 12.4 Å². The van der Waals surface area contributed by atoms with E-state index < -0.39 is 11.6 Å². The van der Waals surface area contributed by atoms with Gasteiger partial charge in [-0.1, -0.05) is 17.3 Å². The summed E-state index contributed by atoms with van der Waals surface area (Å²) in [5, 5.41) is 3.87. The maximum atomic E-state index is 14.1. The highest BCUT2D eigenvalue weighted by atomic mass is 19.1. The second-order valence-corrected chi connectivity index (χ2v) is 7.12. The fraction of sp³-hybridized carbons (Fsp3) is 0.143. The van der Waals surface area contributed by atoms with E-state index in [1.807, 2.05) is 38.1 Å². The fourth-order valence-corrected chi connectivity index (χ4v) is 3.60. The Kier molecular flexibility index (Phi) is 3.99. The monoisotopic (exact) mass is 407 g/mol. The van der Waals surface area contributed by atoms with Crippen LogP contribution >= 0.6 is 0 Å². The SMILES string of the molecule is CC(C)n1c(=O)c2c(-c3noc(-c4ccc(F)cc4F)n3)ncn2c2ccccc21. The minimum absolute atomic E-state index is 0.0382. The molecule has 0 saturated carbocycles. The lowest BCUT2D eigenvalue weighted by molar-refractivity contribution is 0.429. The minimum atomic E-state index is -0.826. The van der Waals surface area contributed by atoms with E-state index in [2.05, 4.69) is 15.1 Å². The van der Waals surface area contributed by atoms with Gasteiger partial charge in [-0.15, -0.1) is 0 Å². The van der Waals surface area contributed by atoms with Gasteiger partial charge in [0.1, 0.15) is 29.2 Å². The molecule has 0 aliphatic carbocycles. The average Bonchev–Trinajstić information content (AvgIpc) is 3.35. The van der Waals surface area contributed by atoms with E-state index in [1.54, 1.807) is 8.97 Å². The number of fused-ring (bicyclic) bond motifs is 3. The zero-order valence-corrected chi connectivity index (χ0v) is 16.0. The summed E-state index contributed by atoms with van der Waals surface area (Å²) in [7, 11) is 0. The first-order chi connectivity index (χ1) is 14.5. The van der Waals surface area contributed by atoms with Crippen LogP contribution in [0.15, 0.2) is 58.1 Å². The van der Waals surface area contributed by atoms with Crippen molar-refractivity contribution in [3.63, 3.8) is 0 Å². The molecule has 5 aromatic rings. The Balaban J connectivity index is 1.75. The summed E-state index contributed by atoms with van der Waals surface area (Å²) in [5.74, 6) is -1.63. The van der Waals surface area contributed by atoms with Crippen LogP contribution in [0.1, 0.15) is 19.9 Å². The summed E-state index contributed by atoms with van der Waals surface area (Å²) in [6.45, 7) is 3.84. The van der Waals surface area contributed by atoms with Crippen LogP contribution in [-0.4, -0.2) is 24.1 Å². The highest BCUT2D eigenvalue weighted by Crippen LogP contribution is 2.27. The lowest BCUT2D eigenvalue weighted by Gasteiger charge is -2.15. The predicted octanol–water partition coefficient (Wildman–Crippen LogP) is 4.23. The van der Waals surface area contributed by atoms with Crippen molar-refractivity contribution in [3.05, 3.63) is 70.8 Å². The quantitative estimate of drug-likeness (QED) is 0.447. The molecule has 0 unspecified atom stereocenters. The number of hydrogen-bond acceptors (Lipinski definition) is 5. The molecule has 30 heavy (non-hydrogen) atoms. The molecule has 0 aliphatic rings. The Morgan fingerprint density at radius 2 is 1.83 bits per heavy atom. The van der Waals surface area contributed by atoms with Gasteiger partial charge in [0.2, 0.25) is 5.82 Å². The Labute approximate surface area is 168 Å². The highest BCUT2D eigenvalue weighted by molar-refractivity contribution is 5.83. The van der Waals surface area contributed by atoms with Gasteiger partial charge in [0.05, 0.1) is 16.6 Å². The maximum Gasteiger partial charge on any atom is 0.278 e. The molecule has 0 aliphatic heterocycles. The van der Waals surface area contributed by atoms with Crippen molar-refractivity contribution in [1.29, 1.82) is 0 Å². The van der Waals surface area contributed by atoms with E-state index in [9.17, 15) is 13.6 Å². The van der Waals surface area contributed by atoms with E-state index in [-0.39, 0.29) is 40.1 Å². The molecule has 0 bridgehead atoms. The lowest BCUT2D eigenvalue weighted by Crippen LogP contribution is -2.24. The van der Waals surface area contributed by atoms with Gasteiger partial charge in [0.25, 0.3) is 11.4 Å². The van der Waals surface area contributed by atoms with E-state index in [0.717, 1.165) is 23.2 Å². The molecular weight excluding hydrogens is 392 g/mol. The molecule has 0 amide bonds. The first-order valence-corrected chi connectivity index (χ1v) is 9.25. The standard InChI is InChI=1S/C21H15F2N5O2/c1-11(2)28-16-6-4-3-5-15(16)27-10-24-17(18(27)21(28)29)19-25-20(30-26-19)13-8-7-12(22)9-14(13)23/h3-11H,1-2H3. The maximum absolute atomic E-state index is 14.1. The van der Waals surface area contributed by atoms with Crippen molar-refractivity contribution in [2.75, 3.05) is 0 Å². The molecule has 5 rings (SSSR count). The number of halogens is 2. The summed E-state index contributed by atoms with van der Waals surface area (Å²) in [6.07, 6.45) is 1.52. The molecule has 0 atom stereocenters. The van der Waals surface area contributed by atoms with Crippen molar-refractivity contribution in [2.45, 2.75) is 19.9 Å². The molecule has 0 fully saturated rings. The fourth-order valence-electron chi connectivity index (χ4n) is 3.60. The summed E-state index contributed by atoms with van der Waals surface area (Å²) < 4.78 is 35.8. The van der Waals surface area contributed by atoms with Crippen molar-refractivity contribution < 1.29 is 13.3 Å². The number of aromatic nitrogens is 5. The van der Waals surface area contributed by atoms with Gasteiger partial charge in [-0.25, -0.2) is 13.8 Å². The van der Waals surface area contributed by atoms with Gasteiger partial charge in [0, 0.05) is 12.1 Å². The van der Waals surface area contributed by atoms with Crippen molar-refractivity contribution in [2.24, 2.45) is 0 Å². The number of para-hydroxylation sites is 2. The molecule has 7 nitrogen and oxygen atoms in total. The molecule has 150 valence electrons. The second kappa shape index (κ2) is 6.58. The normalized spacial score (nSPS) is 11.8. The Bertz CT molecular complexity index is 1480. The minimum Gasteiger partial charge on any atom is -0.333 e. The molecule has 0 saturated heterocycles. The third-order valence-electron chi connectivity index (χ3n) is 4.91. The summed E-state index contributed by atoms with van der Waals surface area (Å²) in [5.41, 5.74) is 1.79. The van der Waals surface area contributed by atoms with Crippen molar-refractivity contribution in [3.8, 4) is 23.0 Å². The van der Waals surface area contributed by atoms with Crippen LogP contribution in [0.2, 0.25) is 0 Å². The van der Waals surface area contributed by atoms with Gasteiger partial charge in [0.15, 0.2) is 0 Å². The number of rotatable bonds is 3. The number of hydrogen-bond donors (Lipinski definition) is 0. The first-order valence-electron chi connectivity index (χ1n) is 9.25. The van der Waals surface area contributed by atoms with Crippen LogP contribution in [0.25, 0.3) is 39.5 Å². The van der Waals surface area contributed by atoms with Gasteiger partial charge < -0.3 is 9.09 Å². The Morgan fingerprint density at radius 3 is 2.57 bits per heavy atom. The van der Waals surface area contributed by atoms with Crippen LogP contribution in [0.5, 0.6) is 0 Å². The van der Waals surface area contributed by atoms with Gasteiger partial charge in [-0.3, -0.25) is 9.20 Å². The third kappa shape index (κ3) is 2.62. The first kappa shape index (κ1) is 18.2. The zero-order valence-electron chi connectivity index (χ0n) is 16.0. The van der Waals surface area contributed by atoms with Gasteiger partial charge >= 0.3 is 0 Å². The molecule has 9 heteroatoms. The smallest absolute Gasteiger partial charge is 0.278 e. The van der Waals surface area contributed by atoms with E-state index in [0.29, 0.717) is 0 Å². The molecule has 3 aromatic heterocycles. The van der Waals surface area contributed by atoms with Crippen LogP contribution in [0.4, 0.5) is 8.78 Å². The molecule has 2 aromatic carbocycles. The number of nitrogens with zero attached hydrogens (tertiary/aromatic N) is 5. The van der Waals surface area contributed by atoms with E-state index in [4.69, 9.17) is 4.52 Å². The highest BCUT2D eigenvalue weighted by Gasteiger charge is 2.22. The third-order valence-corrected chi connectivity index (χ3v) is 4.91. The van der Waals surface area contributed by atoms with Crippen LogP contribution in [0.3, 0.4) is 0 Å². The van der Waals surface area contributed by atoms with Crippen LogP contribution in [0, 0.1) is 11.6 Å². The molecule has 0 spiro atoms. The van der Waals surface area contributed by atoms with Crippen molar-refractivity contribution in [1.82, 2.24) is 24.1 Å². The summed E-state index contributed by atoms with van der Waals surface area (Å²) >= 11 is 0. The predicted molar refractivity (Wildman–Crippen MR) is 106 cm³/mol. The Morgan fingerprint density at radius 1 is 1.07 bits per heavy atom. The van der Waals surface area contributed by atoms with Crippen LogP contribution in [-0.2, 0) is 0 Å². The zero-order chi connectivity index (χ0) is 21.0. The lowest BCUT2D eigenvalue weighted by atomic mass is 10.2. The van der Waals surface area contributed by atoms with Crippen molar-refractivity contribution >= 4 is 16.6 Å². The van der Waals surface area contributed by atoms with Gasteiger partial charge in [-0.2, -0.15) is 4.98 Å². The summed E-state index contributed by atoms with van der Waals surface area (Å²) in [6, 6.07) is 10.5. The van der Waals surface area contributed by atoms with Gasteiger partial charge in [-0.05, 0) is 38.1 Å².